The van der Waals surface area contributed by atoms with Crippen molar-refractivity contribution in [2.45, 2.75) is 52.1 Å². The summed E-state index contributed by atoms with van der Waals surface area (Å²) in [5, 5.41) is 11.7. The summed E-state index contributed by atoms with van der Waals surface area (Å²) in [4.78, 5) is 24.7. The van der Waals surface area contributed by atoms with Crippen LogP contribution in [0, 0.1) is 5.92 Å². The summed E-state index contributed by atoms with van der Waals surface area (Å²) in [6.45, 7) is 6.62. The molecule has 0 fully saturated rings. The highest BCUT2D eigenvalue weighted by Crippen LogP contribution is 2.10. The van der Waals surface area contributed by atoms with E-state index in [1.165, 1.54) is 0 Å². The van der Waals surface area contributed by atoms with Gasteiger partial charge in [0.25, 0.3) is 0 Å². The third-order valence-electron chi connectivity index (χ3n) is 3.23. The van der Waals surface area contributed by atoms with Crippen molar-refractivity contribution >= 4 is 12.0 Å². The lowest BCUT2D eigenvalue weighted by atomic mass is 10.0. The zero-order valence-electron chi connectivity index (χ0n) is 13.2. The highest BCUT2D eigenvalue weighted by Gasteiger charge is 2.23. The van der Waals surface area contributed by atoms with E-state index in [0.29, 0.717) is 25.4 Å². The molecule has 6 heteroatoms. The number of hydrogen-bond acceptors (Lipinski definition) is 3. The standard InChI is InChI=1S/C14H28N2O4/c1-10(2)9-11(3)16(4)14(19)15-12(13(17)18)7-6-8-20-5/h10-12H,6-9H2,1-5H3,(H,15,19)(H,17,18). The molecule has 0 aliphatic rings. The number of methoxy groups -OCH3 is 1. The molecule has 0 saturated heterocycles. The molecule has 0 aromatic rings. The van der Waals surface area contributed by atoms with E-state index in [1.54, 1.807) is 19.1 Å². The van der Waals surface area contributed by atoms with E-state index in [1.807, 2.05) is 6.92 Å². The highest BCUT2D eigenvalue weighted by molar-refractivity contribution is 5.82. The van der Waals surface area contributed by atoms with Crippen molar-refractivity contribution in [2.75, 3.05) is 20.8 Å². The zero-order valence-corrected chi connectivity index (χ0v) is 13.2. The number of carbonyl (C=O) groups excluding carboxylic acids is 1. The molecule has 0 saturated carbocycles. The summed E-state index contributed by atoms with van der Waals surface area (Å²) in [7, 11) is 3.26. The monoisotopic (exact) mass is 288 g/mol. The molecule has 0 heterocycles. The van der Waals surface area contributed by atoms with Crippen LogP contribution in [0.25, 0.3) is 0 Å². The van der Waals surface area contributed by atoms with Gasteiger partial charge in [-0.1, -0.05) is 13.8 Å². The number of carboxylic acids is 1. The number of rotatable bonds is 9. The van der Waals surface area contributed by atoms with E-state index in [2.05, 4.69) is 19.2 Å². The van der Waals surface area contributed by atoms with Gasteiger partial charge in [0.2, 0.25) is 0 Å². The SMILES string of the molecule is COCCCC(NC(=O)N(C)C(C)CC(C)C)C(=O)O. The largest absolute Gasteiger partial charge is 0.480 e. The lowest BCUT2D eigenvalue weighted by Crippen LogP contribution is -2.49. The summed E-state index contributed by atoms with van der Waals surface area (Å²) in [5.41, 5.74) is 0. The topological polar surface area (TPSA) is 78.9 Å². The lowest BCUT2D eigenvalue weighted by molar-refractivity contribution is -0.139. The first-order chi connectivity index (χ1) is 9.29. The average molecular weight is 288 g/mol. The van der Waals surface area contributed by atoms with E-state index in [9.17, 15) is 9.59 Å². The molecular formula is C14H28N2O4. The van der Waals surface area contributed by atoms with Crippen LogP contribution in [0.2, 0.25) is 0 Å². The smallest absolute Gasteiger partial charge is 0.326 e. The van der Waals surface area contributed by atoms with E-state index < -0.39 is 12.0 Å². The van der Waals surface area contributed by atoms with Gasteiger partial charge in [0, 0.05) is 26.8 Å². The van der Waals surface area contributed by atoms with E-state index in [4.69, 9.17) is 9.84 Å². The van der Waals surface area contributed by atoms with Crippen LogP contribution in [0.15, 0.2) is 0 Å². The van der Waals surface area contributed by atoms with Crippen LogP contribution in [0.4, 0.5) is 4.79 Å². The predicted molar refractivity (Wildman–Crippen MR) is 77.7 cm³/mol. The van der Waals surface area contributed by atoms with Crippen LogP contribution in [-0.2, 0) is 9.53 Å². The van der Waals surface area contributed by atoms with Gasteiger partial charge < -0.3 is 20.1 Å². The van der Waals surface area contributed by atoms with Crippen molar-refractivity contribution in [1.29, 1.82) is 0 Å². The molecule has 0 aliphatic carbocycles. The van der Waals surface area contributed by atoms with Gasteiger partial charge in [-0.05, 0) is 32.1 Å². The van der Waals surface area contributed by atoms with Crippen molar-refractivity contribution in [3.8, 4) is 0 Å². The van der Waals surface area contributed by atoms with Crippen LogP contribution in [0.5, 0.6) is 0 Å². The molecule has 20 heavy (non-hydrogen) atoms. The fraction of sp³-hybridized carbons (Fsp3) is 0.857. The Balaban J connectivity index is 4.39. The van der Waals surface area contributed by atoms with Gasteiger partial charge in [0.05, 0.1) is 0 Å². The number of nitrogens with zero attached hydrogens (tertiary/aromatic N) is 1. The maximum Gasteiger partial charge on any atom is 0.326 e. The Labute approximate surface area is 121 Å². The minimum Gasteiger partial charge on any atom is -0.480 e. The van der Waals surface area contributed by atoms with Crippen LogP contribution in [0.1, 0.15) is 40.0 Å². The fourth-order valence-corrected chi connectivity index (χ4v) is 1.98. The molecule has 2 amide bonds. The molecule has 118 valence electrons. The van der Waals surface area contributed by atoms with Crippen LogP contribution in [-0.4, -0.2) is 54.9 Å². The molecule has 0 aromatic heterocycles. The fourth-order valence-electron chi connectivity index (χ4n) is 1.98. The van der Waals surface area contributed by atoms with Gasteiger partial charge in [-0.3, -0.25) is 0 Å². The van der Waals surface area contributed by atoms with Crippen LogP contribution < -0.4 is 5.32 Å². The Morgan fingerprint density at radius 2 is 1.90 bits per heavy atom. The Morgan fingerprint density at radius 1 is 1.30 bits per heavy atom. The minimum atomic E-state index is -1.01. The van der Waals surface area contributed by atoms with Crippen molar-refractivity contribution < 1.29 is 19.4 Å². The summed E-state index contributed by atoms with van der Waals surface area (Å²) in [5.74, 6) is -0.531. The first-order valence-electron chi connectivity index (χ1n) is 7.04. The Bertz CT molecular complexity index is 308. The number of ether oxygens (including phenoxy) is 1. The quantitative estimate of drug-likeness (QED) is 0.636. The number of carbonyl (C=O) groups is 2. The molecule has 2 atom stereocenters. The molecule has 0 bridgehead atoms. The van der Waals surface area contributed by atoms with Gasteiger partial charge in [-0.25, -0.2) is 9.59 Å². The average Bonchev–Trinajstić information content (AvgIpc) is 2.35. The van der Waals surface area contributed by atoms with E-state index in [0.717, 1.165) is 6.42 Å². The molecule has 0 rings (SSSR count). The first kappa shape index (κ1) is 18.7. The number of aliphatic carboxylic acids is 1. The summed E-state index contributed by atoms with van der Waals surface area (Å²) in [6, 6.07) is -1.14. The van der Waals surface area contributed by atoms with Gasteiger partial charge in [0.15, 0.2) is 0 Å². The predicted octanol–water partition coefficient (Wildman–Crippen LogP) is 1.94. The zero-order chi connectivity index (χ0) is 15.7. The number of amides is 2. The molecule has 0 aromatic carbocycles. The van der Waals surface area contributed by atoms with E-state index >= 15 is 0 Å². The number of carboxylic acid groups (broad SMARTS) is 1. The summed E-state index contributed by atoms with van der Waals surface area (Å²) < 4.78 is 4.89. The van der Waals surface area contributed by atoms with Gasteiger partial charge in [-0.15, -0.1) is 0 Å². The number of urea groups is 1. The summed E-state index contributed by atoms with van der Waals surface area (Å²) in [6.07, 6.45) is 1.84. The molecule has 6 nitrogen and oxygen atoms in total. The van der Waals surface area contributed by atoms with Crippen LogP contribution in [0.3, 0.4) is 0 Å². The number of nitrogens with one attached hydrogen (secondary N) is 1. The second-order valence-corrected chi connectivity index (χ2v) is 5.56. The van der Waals surface area contributed by atoms with Crippen molar-refractivity contribution in [1.82, 2.24) is 10.2 Å². The van der Waals surface area contributed by atoms with Crippen molar-refractivity contribution in [2.24, 2.45) is 5.92 Å². The lowest BCUT2D eigenvalue weighted by Gasteiger charge is -2.28. The maximum absolute atomic E-state index is 12.0. The van der Waals surface area contributed by atoms with Crippen molar-refractivity contribution in [3.63, 3.8) is 0 Å². The Hall–Kier alpha value is -1.30. The van der Waals surface area contributed by atoms with E-state index in [-0.39, 0.29) is 12.1 Å². The maximum atomic E-state index is 12.0. The molecule has 0 spiro atoms. The molecule has 2 N–H and O–H groups in total. The Morgan fingerprint density at radius 3 is 2.35 bits per heavy atom. The second-order valence-electron chi connectivity index (χ2n) is 5.56. The van der Waals surface area contributed by atoms with Crippen LogP contribution >= 0.6 is 0 Å². The minimum absolute atomic E-state index is 0.0726. The molecular weight excluding hydrogens is 260 g/mol. The third-order valence-corrected chi connectivity index (χ3v) is 3.23. The normalized spacial score (nSPS) is 13.9. The summed E-state index contributed by atoms with van der Waals surface area (Å²) >= 11 is 0. The third kappa shape index (κ3) is 7.33. The van der Waals surface area contributed by atoms with Gasteiger partial charge in [-0.2, -0.15) is 0 Å². The van der Waals surface area contributed by atoms with Crippen molar-refractivity contribution in [3.05, 3.63) is 0 Å². The first-order valence-corrected chi connectivity index (χ1v) is 7.04. The molecule has 2 unspecified atom stereocenters. The second kappa shape index (κ2) is 9.58. The number of hydrogen-bond donors (Lipinski definition) is 2. The highest BCUT2D eigenvalue weighted by atomic mass is 16.5. The molecule has 0 aliphatic heterocycles. The Kier molecular flexibility index (Phi) is 8.96. The molecule has 0 radical (unpaired) electrons. The van der Waals surface area contributed by atoms with Gasteiger partial charge in [0.1, 0.15) is 6.04 Å². The van der Waals surface area contributed by atoms with Gasteiger partial charge >= 0.3 is 12.0 Å².